The number of amides is 1. The van der Waals surface area contributed by atoms with Crippen LogP contribution in [0.15, 0.2) is 23.6 Å². The van der Waals surface area contributed by atoms with Crippen molar-refractivity contribution in [3.05, 3.63) is 28.5 Å². The van der Waals surface area contributed by atoms with Gasteiger partial charge in [0.15, 0.2) is 0 Å². The second-order valence-corrected chi connectivity index (χ2v) is 5.33. The Kier molecular flexibility index (Phi) is 4.74. The summed E-state index contributed by atoms with van der Waals surface area (Å²) in [5, 5.41) is 1.96. The van der Waals surface area contributed by atoms with Gasteiger partial charge in [0.1, 0.15) is 6.54 Å². The molecule has 0 spiro atoms. The molecule has 1 aromatic rings. The van der Waals surface area contributed by atoms with Crippen LogP contribution in [0.1, 0.15) is 24.6 Å². The van der Waals surface area contributed by atoms with Crippen LogP contribution in [0.4, 0.5) is 0 Å². The van der Waals surface area contributed by atoms with Gasteiger partial charge in [-0.05, 0) is 37.3 Å². The molecular weight excluding hydrogens is 262 g/mol. The van der Waals surface area contributed by atoms with E-state index in [1.807, 2.05) is 17.5 Å². The highest BCUT2D eigenvalue weighted by molar-refractivity contribution is 7.10. The number of carbonyl (C=O) groups excluding carboxylic acids is 2. The fourth-order valence-electron chi connectivity index (χ4n) is 1.75. The van der Waals surface area contributed by atoms with Gasteiger partial charge in [0, 0.05) is 17.0 Å². The van der Waals surface area contributed by atoms with Gasteiger partial charge in [0.05, 0.1) is 6.61 Å². The summed E-state index contributed by atoms with van der Waals surface area (Å²) >= 11 is 1.57. The van der Waals surface area contributed by atoms with Crippen molar-refractivity contribution >= 4 is 29.3 Å². The molecule has 0 aliphatic heterocycles. The molecule has 0 atom stereocenters. The minimum absolute atomic E-state index is 0.0477. The lowest BCUT2D eigenvalue weighted by atomic mass is 10.3. The molecule has 0 radical (unpaired) electrons. The van der Waals surface area contributed by atoms with Crippen LogP contribution in [-0.2, 0) is 14.3 Å². The van der Waals surface area contributed by atoms with Gasteiger partial charge in [-0.2, -0.15) is 0 Å². The van der Waals surface area contributed by atoms with E-state index in [4.69, 9.17) is 4.74 Å². The molecule has 0 unspecified atom stereocenters. The Balaban J connectivity index is 1.94. The number of ether oxygens (including phenoxy) is 1. The van der Waals surface area contributed by atoms with Gasteiger partial charge >= 0.3 is 5.97 Å². The zero-order chi connectivity index (χ0) is 13.7. The molecule has 1 aliphatic rings. The van der Waals surface area contributed by atoms with Crippen molar-refractivity contribution in [2.24, 2.45) is 0 Å². The molecule has 0 saturated heterocycles. The van der Waals surface area contributed by atoms with E-state index in [-0.39, 0.29) is 24.5 Å². The molecule has 4 nitrogen and oxygen atoms in total. The van der Waals surface area contributed by atoms with Crippen molar-refractivity contribution in [2.75, 3.05) is 13.2 Å². The molecule has 0 bridgehead atoms. The maximum absolute atomic E-state index is 12.1. The fourth-order valence-corrected chi connectivity index (χ4v) is 2.37. The van der Waals surface area contributed by atoms with Crippen LogP contribution in [0.25, 0.3) is 6.08 Å². The first-order valence-corrected chi connectivity index (χ1v) is 7.26. The van der Waals surface area contributed by atoms with Gasteiger partial charge < -0.3 is 9.64 Å². The minimum Gasteiger partial charge on any atom is -0.465 e. The van der Waals surface area contributed by atoms with Crippen molar-refractivity contribution < 1.29 is 14.3 Å². The third kappa shape index (κ3) is 4.21. The number of thiophene rings is 1. The third-order valence-corrected chi connectivity index (χ3v) is 3.65. The van der Waals surface area contributed by atoms with E-state index >= 15 is 0 Å². The number of nitrogens with zero attached hydrogens (tertiary/aromatic N) is 1. The average Bonchev–Trinajstić information content (AvgIpc) is 3.09. The molecular formula is C14H17NO3S. The lowest BCUT2D eigenvalue weighted by Gasteiger charge is -2.19. The van der Waals surface area contributed by atoms with Crippen molar-refractivity contribution in [3.63, 3.8) is 0 Å². The average molecular weight is 279 g/mol. The monoisotopic (exact) mass is 279 g/mol. The van der Waals surface area contributed by atoms with E-state index in [1.54, 1.807) is 29.2 Å². The lowest BCUT2D eigenvalue weighted by Crippen LogP contribution is -2.37. The Morgan fingerprint density at radius 3 is 2.89 bits per heavy atom. The van der Waals surface area contributed by atoms with E-state index in [2.05, 4.69) is 0 Å². The normalized spacial score (nSPS) is 14.6. The Morgan fingerprint density at radius 1 is 1.53 bits per heavy atom. The molecule has 1 saturated carbocycles. The third-order valence-electron chi connectivity index (χ3n) is 2.81. The van der Waals surface area contributed by atoms with E-state index in [0.717, 1.165) is 17.7 Å². The number of esters is 1. The van der Waals surface area contributed by atoms with Gasteiger partial charge in [-0.15, -0.1) is 11.3 Å². The standard InChI is InChI=1S/C14H17NO3S/c1-2-18-14(17)10-15(11-5-6-11)13(16)8-7-12-4-3-9-19-12/h3-4,7-9,11H,2,5-6,10H2,1H3. The molecule has 1 amide bonds. The number of hydrogen-bond acceptors (Lipinski definition) is 4. The van der Waals surface area contributed by atoms with E-state index < -0.39 is 0 Å². The summed E-state index contributed by atoms with van der Waals surface area (Å²) < 4.78 is 4.90. The Morgan fingerprint density at radius 2 is 2.32 bits per heavy atom. The van der Waals surface area contributed by atoms with Crippen LogP contribution in [-0.4, -0.2) is 36.0 Å². The predicted octanol–water partition coefficient (Wildman–Crippen LogP) is 2.32. The van der Waals surface area contributed by atoms with E-state index in [0.29, 0.717) is 6.61 Å². The zero-order valence-electron chi connectivity index (χ0n) is 10.9. The summed E-state index contributed by atoms with van der Waals surface area (Å²) in [4.78, 5) is 26.2. The number of hydrogen-bond donors (Lipinski definition) is 0. The second-order valence-electron chi connectivity index (χ2n) is 4.35. The van der Waals surface area contributed by atoms with E-state index in [1.165, 1.54) is 6.08 Å². The van der Waals surface area contributed by atoms with E-state index in [9.17, 15) is 9.59 Å². The SMILES string of the molecule is CCOC(=O)CN(C(=O)C=Cc1cccs1)C1CC1. The summed E-state index contributed by atoms with van der Waals surface area (Å²) in [7, 11) is 0. The van der Waals surface area contributed by atoms with Gasteiger partial charge in [0.25, 0.3) is 0 Å². The molecule has 5 heteroatoms. The summed E-state index contributed by atoms with van der Waals surface area (Å²) in [6, 6.07) is 4.08. The van der Waals surface area contributed by atoms with Gasteiger partial charge in [0.2, 0.25) is 5.91 Å². The maximum atomic E-state index is 12.1. The quantitative estimate of drug-likeness (QED) is 0.593. The summed E-state index contributed by atoms with van der Waals surface area (Å²) in [5.41, 5.74) is 0. The molecule has 1 aliphatic carbocycles. The highest BCUT2D eigenvalue weighted by Gasteiger charge is 2.33. The van der Waals surface area contributed by atoms with Crippen LogP contribution < -0.4 is 0 Å². The van der Waals surface area contributed by atoms with Crippen LogP contribution >= 0.6 is 11.3 Å². The van der Waals surface area contributed by atoms with Crippen LogP contribution in [0.5, 0.6) is 0 Å². The molecule has 1 aromatic heterocycles. The minimum atomic E-state index is -0.340. The molecule has 0 N–H and O–H groups in total. The Bertz CT molecular complexity index is 463. The van der Waals surface area contributed by atoms with Gasteiger partial charge in [-0.1, -0.05) is 6.07 Å². The van der Waals surface area contributed by atoms with Gasteiger partial charge in [-0.3, -0.25) is 9.59 Å². The molecule has 0 aromatic carbocycles. The number of rotatable bonds is 6. The smallest absolute Gasteiger partial charge is 0.325 e. The van der Waals surface area contributed by atoms with Gasteiger partial charge in [-0.25, -0.2) is 0 Å². The van der Waals surface area contributed by atoms with Crippen LogP contribution in [0.3, 0.4) is 0 Å². The maximum Gasteiger partial charge on any atom is 0.325 e. The fraction of sp³-hybridized carbons (Fsp3) is 0.429. The van der Waals surface area contributed by atoms with Crippen LogP contribution in [0, 0.1) is 0 Å². The lowest BCUT2D eigenvalue weighted by molar-refractivity contribution is -0.148. The highest BCUT2D eigenvalue weighted by atomic mass is 32.1. The summed E-state index contributed by atoms with van der Waals surface area (Å²) in [6.45, 7) is 2.15. The first-order chi connectivity index (χ1) is 9.20. The summed E-state index contributed by atoms with van der Waals surface area (Å²) in [5.74, 6) is -0.462. The first kappa shape index (κ1) is 13.8. The molecule has 1 heterocycles. The number of carbonyl (C=O) groups is 2. The molecule has 2 rings (SSSR count). The topological polar surface area (TPSA) is 46.6 Å². The van der Waals surface area contributed by atoms with Crippen molar-refractivity contribution in [3.8, 4) is 0 Å². The molecule has 19 heavy (non-hydrogen) atoms. The highest BCUT2D eigenvalue weighted by Crippen LogP contribution is 2.27. The Hall–Kier alpha value is -1.62. The Labute approximate surface area is 116 Å². The summed E-state index contributed by atoms with van der Waals surface area (Å²) in [6.07, 6.45) is 5.26. The predicted molar refractivity (Wildman–Crippen MR) is 74.7 cm³/mol. The van der Waals surface area contributed by atoms with Crippen molar-refractivity contribution in [1.82, 2.24) is 4.90 Å². The first-order valence-electron chi connectivity index (χ1n) is 6.38. The van der Waals surface area contributed by atoms with Crippen LogP contribution in [0.2, 0.25) is 0 Å². The molecule has 102 valence electrons. The second kappa shape index (κ2) is 6.52. The van der Waals surface area contributed by atoms with Crippen molar-refractivity contribution in [2.45, 2.75) is 25.8 Å². The molecule has 1 fully saturated rings. The largest absolute Gasteiger partial charge is 0.465 e. The van der Waals surface area contributed by atoms with Crippen molar-refractivity contribution in [1.29, 1.82) is 0 Å². The zero-order valence-corrected chi connectivity index (χ0v) is 11.7.